The molecular weight excluding hydrogens is 110 g/mol. The van der Waals surface area contributed by atoms with Gasteiger partial charge in [-0.25, -0.2) is 0 Å². The monoisotopic (exact) mass is 118 g/mol. The second-order valence-corrected chi connectivity index (χ2v) is 1.63. The zero-order chi connectivity index (χ0) is 3.70. The van der Waals surface area contributed by atoms with E-state index in [2.05, 4.69) is 0 Å². The van der Waals surface area contributed by atoms with Crippen molar-refractivity contribution < 1.29 is 21.7 Å². The first-order valence-corrected chi connectivity index (χ1v) is 2.11. The molecule has 1 rings (SSSR count). The second-order valence-electron chi connectivity index (χ2n) is 1.63. The van der Waals surface area contributed by atoms with Crippen molar-refractivity contribution in [2.75, 3.05) is 0 Å². The van der Waals surface area contributed by atoms with Gasteiger partial charge in [0.1, 0.15) is 0 Å². The van der Waals surface area contributed by atoms with Crippen LogP contribution in [0.4, 0.5) is 0 Å². The van der Waals surface area contributed by atoms with E-state index in [9.17, 15) is 0 Å². The molecule has 1 N–H and O–H groups in total. The van der Waals surface area contributed by atoms with Crippen LogP contribution in [0.2, 0.25) is 0 Å². The van der Waals surface area contributed by atoms with Crippen LogP contribution in [0.5, 0.6) is 0 Å². The fourth-order valence-corrected chi connectivity index (χ4v) is 0.408. The van der Waals surface area contributed by atoms with E-state index in [1.54, 1.807) is 0 Å². The summed E-state index contributed by atoms with van der Waals surface area (Å²) in [5, 5.41) is 0. The van der Waals surface area contributed by atoms with E-state index >= 15 is 0 Å². The van der Waals surface area contributed by atoms with Gasteiger partial charge in [-0.3, -0.25) is 0 Å². The molecule has 2 heteroatoms. The van der Waals surface area contributed by atoms with E-state index in [-0.39, 0.29) is 21.7 Å². The number of rotatable bonds is 0. The standard InChI is InChI=1S/C4H8N.Ti/c5-4-2-1-3-4;/h4-5H,1-3H2;/q-1;. The van der Waals surface area contributed by atoms with Gasteiger partial charge in [0.05, 0.1) is 0 Å². The van der Waals surface area contributed by atoms with Crippen LogP contribution >= 0.6 is 0 Å². The van der Waals surface area contributed by atoms with E-state index < -0.39 is 0 Å². The van der Waals surface area contributed by atoms with Crippen LogP contribution in [0, 0.1) is 0 Å². The van der Waals surface area contributed by atoms with Gasteiger partial charge in [-0.1, -0.05) is 19.3 Å². The van der Waals surface area contributed by atoms with Gasteiger partial charge in [-0.15, -0.1) is 6.04 Å². The van der Waals surface area contributed by atoms with Gasteiger partial charge in [0, 0.05) is 21.7 Å². The Hall–Kier alpha value is 0.674. The Morgan fingerprint density at radius 1 is 1.33 bits per heavy atom. The SMILES string of the molecule is [NH-]C1CCC1.[Ti]. The molecule has 0 aliphatic heterocycles. The summed E-state index contributed by atoms with van der Waals surface area (Å²) < 4.78 is 0. The summed E-state index contributed by atoms with van der Waals surface area (Å²) in [4.78, 5) is 0. The average Bonchev–Trinajstić information content (AvgIpc) is 1.30. The first-order valence-electron chi connectivity index (χ1n) is 2.11. The van der Waals surface area contributed by atoms with Crippen molar-refractivity contribution in [1.82, 2.24) is 0 Å². The van der Waals surface area contributed by atoms with Crippen molar-refractivity contribution in [3.8, 4) is 0 Å². The molecule has 0 heterocycles. The molecule has 0 saturated heterocycles. The Balaban J connectivity index is 0.000000250. The van der Waals surface area contributed by atoms with Crippen LogP contribution in [0.3, 0.4) is 0 Å². The van der Waals surface area contributed by atoms with Gasteiger partial charge < -0.3 is 5.73 Å². The number of hydrogen-bond donors (Lipinski definition) is 0. The first kappa shape index (κ1) is 6.67. The van der Waals surface area contributed by atoms with E-state index in [1.807, 2.05) is 0 Å². The van der Waals surface area contributed by atoms with Gasteiger partial charge in [0.2, 0.25) is 0 Å². The third-order valence-electron chi connectivity index (χ3n) is 1.11. The minimum Gasteiger partial charge on any atom is -0.675 e. The van der Waals surface area contributed by atoms with Crippen LogP contribution in [-0.2, 0) is 21.7 Å². The summed E-state index contributed by atoms with van der Waals surface area (Å²) in [6.07, 6.45) is 3.61. The summed E-state index contributed by atoms with van der Waals surface area (Å²) in [6.45, 7) is 0. The smallest absolute Gasteiger partial charge is 0 e. The van der Waals surface area contributed by atoms with Crippen molar-refractivity contribution in [1.29, 1.82) is 0 Å². The summed E-state index contributed by atoms with van der Waals surface area (Å²) in [5.41, 5.74) is 6.91. The largest absolute Gasteiger partial charge is 0.675 e. The van der Waals surface area contributed by atoms with Crippen molar-refractivity contribution in [2.24, 2.45) is 0 Å². The molecule has 0 atom stereocenters. The molecule has 0 unspecified atom stereocenters. The van der Waals surface area contributed by atoms with E-state index in [0.29, 0.717) is 6.04 Å². The van der Waals surface area contributed by atoms with Gasteiger partial charge >= 0.3 is 0 Å². The summed E-state index contributed by atoms with van der Waals surface area (Å²) >= 11 is 0. The summed E-state index contributed by atoms with van der Waals surface area (Å²) in [7, 11) is 0. The Labute approximate surface area is 53.2 Å². The Morgan fingerprint density at radius 3 is 1.67 bits per heavy atom. The zero-order valence-corrected chi connectivity index (χ0v) is 5.26. The molecule has 0 aromatic carbocycles. The van der Waals surface area contributed by atoms with Crippen LogP contribution < -0.4 is 0 Å². The number of hydrogen-bond acceptors (Lipinski definition) is 0. The van der Waals surface area contributed by atoms with Crippen LogP contribution in [0.1, 0.15) is 19.3 Å². The van der Waals surface area contributed by atoms with Gasteiger partial charge in [-0.05, 0) is 0 Å². The maximum absolute atomic E-state index is 6.91. The Bertz CT molecular complexity index is 34.5. The van der Waals surface area contributed by atoms with Crippen LogP contribution in [0.25, 0.3) is 5.73 Å². The van der Waals surface area contributed by atoms with E-state index in [1.165, 1.54) is 6.42 Å². The van der Waals surface area contributed by atoms with Crippen molar-refractivity contribution in [3.63, 3.8) is 0 Å². The minimum atomic E-state index is 0. The van der Waals surface area contributed by atoms with Gasteiger partial charge in [0.15, 0.2) is 0 Å². The zero-order valence-electron chi connectivity index (χ0n) is 3.70. The summed E-state index contributed by atoms with van der Waals surface area (Å²) in [6, 6.07) is 0.315. The molecule has 0 radical (unpaired) electrons. The predicted octanol–water partition coefficient (Wildman–Crippen LogP) is 1.59. The Kier molecular flexibility index (Phi) is 3.10. The fourth-order valence-electron chi connectivity index (χ4n) is 0.408. The van der Waals surface area contributed by atoms with Crippen LogP contribution in [0.15, 0.2) is 0 Å². The molecule has 1 nitrogen and oxygen atoms in total. The maximum Gasteiger partial charge on any atom is 0 e. The molecule has 0 bridgehead atoms. The molecule has 0 aromatic rings. The molecule has 0 aromatic heterocycles. The molecule has 1 aliphatic carbocycles. The van der Waals surface area contributed by atoms with Crippen LogP contribution in [-0.4, -0.2) is 6.04 Å². The minimum absolute atomic E-state index is 0. The second kappa shape index (κ2) is 2.78. The first-order chi connectivity index (χ1) is 2.39. The van der Waals surface area contributed by atoms with Gasteiger partial charge in [-0.2, -0.15) is 0 Å². The van der Waals surface area contributed by atoms with Crippen molar-refractivity contribution >= 4 is 0 Å². The third kappa shape index (κ3) is 1.42. The average molecular weight is 118 g/mol. The fraction of sp³-hybridized carbons (Fsp3) is 1.00. The quantitative estimate of drug-likeness (QED) is 0.431. The molecule has 0 spiro atoms. The third-order valence-corrected chi connectivity index (χ3v) is 1.11. The van der Waals surface area contributed by atoms with Crippen molar-refractivity contribution in [3.05, 3.63) is 5.73 Å². The topological polar surface area (TPSA) is 23.8 Å². The molecule has 6 heavy (non-hydrogen) atoms. The molecule has 34 valence electrons. The van der Waals surface area contributed by atoms with E-state index in [0.717, 1.165) is 12.8 Å². The summed E-state index contributed by atoms with van der Waals surface area (Å²) in [5.74, 6) is 0. The molecule has 0 amide bonds. The Morgan fingerprint density at radius 2 is 1.67 bits per heavy atom. The van der Waals surface area contributed by atoms with Crippen molar-refractivity contribution in [2.45, 2.75) is 25.3 Å². The molecular formula is C4H8NTi-. The molecule has 1 saturated carbocycles. The van der Waals surface area contributed by atoms with E-state index in [4.69, 9.17) is 5.73 Å². The predicted molar refractivity (Wildman–Crippen MR) is 22.0 cm³/mol. The van der Waals surface area contributed by atoms with Gasteiger partial charge in [0.25, 0.3) is 0 Å². The molecule has 1 aliphatic rings. The maximum atomic E-state index is 6.91. The molecule has 1 fully saturated rings. The normalized spacial score (nSPS) is 21.5. The number of nitrogens with one attached hydrogen (secondary N) is 1.